The van der Waals surface area contributed by atoms with Gasteiger partial charge in [-0.3, -0.25) is 15.0 Å². The molecule has 0 atom stereocenters. The summed E-state index contributed by atoms with van der Waals surface area (Å²) in [6.07, 6.45) is -0.0208. The van der Waals surface area contributed by atoms with E-state index in [-0.39, 0.29) is 18.7 Å². The number of hydrazine groups is 1. The van der Waals surface area contributed by atoms with Crippen molar-refractivity contribution in [3.05, 3.63) is 60.7 Å². The fourth-order valence-electron chi connectivity index (χ4n) is 1.84. The van der Waals surface area contributed by atoms with Crippen molar-refractivity contribution in [1.82, 2.24) is 10.9 Å². The van der Waals surface area contributed by atoms with Gasteiger partial charge in [0, 0.05) is 24.2 Å². The van der Waals surface area contributed by atoms with Crippen LogP contribution in [0.4, 0.5) is 16.2 Å². The summed E-state index contributed by atoms with van der Waals surface area (Å²) in [6, 6.07) is 17.2. The maximum absolute atomic E-state index is 11.7. The molecule has 7 heteroatoms. The highest BCUT2D eigenvalue weighted by atomic mass is 16.2. The second-order valence-electron chi connectivity index (χ2n) is 4.91. The third-order valence-electron chi connectivity index (χ3n) is 2.98. The molecule has 0 radical (unpaired) electrons. The molecule has 0 unspecified atom stereocenters. The van der Waals surface area contributed by atoms with E-state index in [4.69, 9.17) is 0 Å². The Bertz CT molecular complexity index is 630. The number of anilines is 2. The van der Waals surface area contributed by atoms with E-state index in [1.165, 1.54) is 0 Å². The Kier molecular flexibility index (Phi) is 6.34. The van der Waals surface area contributed by atoms with E-state index < -0.39 is 11.9 Å². The highest BCUT2D eigenvalue weighted by Gasteiger charge is 2.08. The highest BCUT2D eigenvalue weighted by Crippen LogP contribution is 2.06. The minimum Gasteiger partial charge on any atom is -0.326 e. The molecule has 124 valence electrons. The standard InChI is InChI=1S/C17H18N4O3/c22-15(18-13-7-3-1-4-8-13)11-12-16(23)20-21-17(24)19-14-9-5-2-6-10-14/h1-10H,11-12H2,(H,18,22)(H,20,23)(H2,19,21,24). The second-order valence-corrected chi connectivity index (χ2v) is 4.91. The topological polar surface area (TPSA) is 99.3 Å². The van der Waals surface area contributed by atoms with Gasteiger partial charge in [0.05, 0.1) is 0 Å². The Labute approximate surface area is 139 Å². The van der Waals surface area contributed by atoms with Crippen LogP contribution in [0.5, 0.6) is 0 Å². The van der Waals surface area contributed by atoms with Crippen LogP contribution in [0.1, 0.15) is 12.8 Å². The minimum atomic E-state index is -0.566. The van der Waals surface area contributed by atoms with Crippen molar-refractivity contribution < 1.29 is 14.4 Å². The molecular weight excluding hydrogens is 308 g/mol. The number of nitrogens with one attached hydrogen (secondary N) is 4. The van der Waals surface area contributed by atoms with Crippen LogP contribution in [-0.4, -0.2) is 17.8 Å². The molecular formula is C17H18N4O3. The van der Waals surface area contributed by atoms with Crippen molar-refractivity contribution in [2.75, 3.05) is 10.6 Å². The number of para-hydroxylation sites is 2. The average Bonchev–Trinajstić information content (AvgIpc) is 2.60. The molecule has 7 nitrogen and oxygen atoms in total. The molecule has 0 aromatic heterocycles. The predicted octanol–water partition coefficient (Wildman–Crippen LogP) is 2.26. The SMILES string of the molecule is O=C(CCC(=O)Nc1ccccc1)NNC(=O)Nc1ccccc1. The normalized spacial score (nSPS) is 9.67. The molecule has 0 spiro atoms. The minimum absolute atomic E-state index is 0.0166. The lowest BCUT2D eigenvalue weighted by molar-refractivity contribution is -0.124. The van der Waals surface area contributed by atoms with Crippen molar-refractivity contribution in [3.63, 3.8) is 0 Å². The van der Waals surface area contributed by atoms with E-state index in [1.807, 2.05) is 12.1 Å². The Hall–Kier alpha value is -3.35. The maximum Gasteiger partial charge on any atom is 0.337 e. The van der Waals surface area contributed by atoms with E-state index in [9.17, 15) is 14.4 Å². The van der Waals surface area contributed by atoms with Gasteiger partial charge in [-0.1, -0.05) is 36.4 Å². The second kappa shape index (κ2) is 8.94. The van der Waals surface area contributed by atoms with Gasteiger partial charge in [0.2, 0.25) is 11.8 Å². The summed E-state index contributed by atoms with van der Waals surface area (Å²) < 4.78 is 0. The molecule has 0 aliphatic carbocycles. The number of hydrogen-bond donors (Lipinski definition) is 4. The van der Waals surface area contributed by atoms with Crippen LogP contribution in [0.3, 0.4) is 0 Å². The largest absolute Gasteiger partial charge is 0.337 e. The van der Waals surface area contributed by atoms with E-state index in [0.29, 0.717) is 11.4 Å². The van der Waals surface area contributed by atoms with Crippen molar-refractivity contribution in [1.29, 1.82) is 0 Å². The molecule has 2 rings (SSSR count). The van der Waals surface area contributed by atoms with Crippen molar-refractivity contribution in [2.24, 2.45) is 0 Å². The van der Waals surface area contributed by atoms with E-state index >= 15 is 0 Å². The number of benzene rings is 2. The van der Waals surface area contributed by atoms with Crippen molar-refractivity contribution in [2.45, 2.75) is 12.8 Å². The van der Waals surface area contributed by atoms with Crippen LogP contribution < -0.4 is 21.5 Å². The Morgan fingerprint density at radius 3 is 1.71 bits per heavy atom. The predicted molar refractivity (Wildman–Crippen MR) is 91.0 cm³/mol. The highest BCUT2D eigenvalue weighted by molar-refractivity contribution is 5.94. The van der Waals surface area contributed by atoms with Gasteiger partial charge in [-0.15, -0.1) is 0 Å². The number of urea groups is 1. The fraction of sp³-hybridized carbons (Fsp3) is 0.118. The first-order valence-corrected chi connectivity index (χ1v) is 7.39. The van der Waals surface area contributed by atoms with Gasteiger partial charge in [-0.2, -0.15) is 0 Å². The summed E-state index contributed by atoms with van der Waals surface area (Å²) in [4.78, 5) is 34.9. The molecule has 0 aliphatic heterocycles. The Morgan fingerprint density at radius 1 is 0.625 bits per heavy atom. The summed E-state index contributed by atoms with van der Waals surface area (Å²) in [7, 11) is 0. The summed E-state index contributed by atoms with van der Waals surface area (Å²) in [5, 5.41) is 5.23. The van der Waals surface area contributed by atoms with Gasteiger partial charge in [-0.05, 0) is 24.3 Å². The number of carbonyl (C=O) groups excluding carboxylic acids is 3. The summed E-state index contributed by atoms with van der Waals surface area (Å²) in [6.45, 7) is 0. The zero-order chi connectivity index (χ0) is 17.2. The summed E-state index contributed by atoms with van der Waals surface area (Å²) in [5.74, 6) is -0.730. The van der Waals surface area contributed by atoms with E-state index in [2.05, 4.69) is 21.5 Å². The smallest absolute Gasteiger partial charge is 0.326 e. The van der Waals surface area contributed by atoms with Gasteiger partial charge in [0.25, 0.3) is 0 Å². The zero-order valence-corrected chi connectivity index (χ0v) is 12.9. The molecule has 0 heterocycles. The molecule has 0 saturated heterocycles. The monoisotopic (exact) mass is 326 g/mol. The molecule has 0 aliphatic rings. The number of rotatable bonds is 5. The zero-order valence-electron chi connectivity index (χ0n) is 12.9. The lowest BCUT2D eigenvalue weighted by atomic mass is 10.2. The maximum atomic E-state index is 11.7. The van der Waals surface area contributed by atoms with Gasteiger partial charge < -0.3 is 10.6 Å². The lowest BCUT2D eigenvalue weighted by Gasteiger charge is -2.09. The first-order chi connectivity index (χ1) is 11.6. The molecule has 0 bridgehead atoms. The average molecular weight is 326 g/mol. The molecule has 0 fully saturated rings. The molecule has 4 amide bonds. The number of amides is 4. The van der Waals surface area contributed by atoms with Crippen LogP contribution in [-0.2, 0) is 9.59 Å². The third-order valence-corrected chi connectivity index (χ3v) is 2.98. The number of carbonyl (C=O) groups is 3. The molecule has 0 saturated carbocycles. The van der Waals surface area contributed by atoms with Crippen LogP contribution in [0.2, 0.25) is 0 Å². The van der Waals surface area contributed by atoms with Crippen LogP contribution >= 0.6 is 0 Å². The number of hydrogen-bond acceptors (Lipinski definition) is 3. The van der Waals surface area contributed by atoms with Crippen molar-refractivity contribution >= 4 is 29.2 Å². The molecule has 24 heavy (non-hydrogen) atoms. The molecule has 2 aromatic carbocycles. The quantitative estimate of drug-likeness (QED) is 0.634. The van der Waals surface area contributed by atoms with Gasteiger partial charge in [0.15, 0.2) is 0 Å². The van der Waals surface area contributed by atoms with Crippen LogP contribution in [0.15, 0.2) is 60.7 Å². The van der Waals surface area contributed by atoms with E-state index in [1.54, 1.807) is 48.5 Å². The van der Waals surface area contributed by atoms with Crippen molar-refractivity contribution in [3.8, 4) is 0 Å². The first-order valence-electron chi connectivity index (χ1n) is 7.39. The van der Waals surface area contributed by atoms with Gasteiger partial charge in [-0.25, -0.2) is 10.2 Å². The fourth-order valence-corrected chi connectivity index (χ4v) is 1.84. The van der Waals surface area contributed by atoms with Gasteiger partial charge >= 0.3 is 6.03 Å². The van der Waals surface area contributed by atoms with E-state index in [0.717, 1.165) is 0 Å². The van der Waals surface area contributed by atoms with Gasteiger partial charge in [0.1, 0.15) is 0 Å². The first kappa shape index (κ1) is 17.0. The lowest BCUT2D eigenvalue weighted by Crippen LogP contribution is -2.44. The molecule has 4 N–H and O–H groups in total. The Morgan fingerprint density at radius 2 is 1.12 bits per heavy atom. The third kappa shape index (κ3) is 6.18. The summed E-state index contributed by atoms with van der Waals surface area (Å²) >= 11 is 0. The van der Waals surface area contributed by atoms with Crippen LogP contribution in [0, 0.1) is 0 Å². The Balaban J connectivity index is 1.64. The summed E-state index contributed by atoms with van der Waals surface area (Å²) in [5.41, 5.74) is 5.74. The molecule has 2 aromatic rings. The van der Waals surface area contributed by atoms with Crippen LogP contribution in [0.25, 0.3) is 0 Å².